The van der Waals surface area contributed by atoms with Crippen molar-refractivity contribution >= 4 is 23.6 Å². The molecule has 0 spiro atoms. The highest BCUT2D eigenvalue weighted by atomic mass is 32.2. The summed E-state index contributed by atoms with van der Waals surface area (Å²) in [5, 5.41) is 11.2. The quantitative estimate of drug-likeness (QED) is 0.734. The fourth-order valence-electron chi connectivity index (χ4n) is 2.16. The van der Waals surface area contributed by atoms with Gasteiger partial charge in [-0.3, -0.25) is 24.3 Å². The number of carbonyl (C=O) groups is 2. The van der Waals surface area contributed by atoms with Crippen LogP contribution >= 0.6 is 11.8 Å². The van der Waals surface area contributed by atoms with Gasteiger partial charge in [-0.1, -0.05) is 0 Å². The molecule has 1 unspecified atom stereocenters. The molecule has 0 aromatic carbocycles. The number of hydrogen-bond acceptors (Lipinski definition) is 5. The maximum absolute atomic E-state index is 12.3. The number of rotatable bonds is 4. The molecule has 21 heavy (non-hydrogen) atoms. The van der Waals surface area contributed by atoms with Crippen LogP contribution in [0, 0.1) is 0 Å². The number of nitrogens with zero attached hydrogens (tertiary/aromatic N) is 2. The smallest absolute Gasteiger partial charge is 0.305 e. The van der Waals surface area contributed by atoms with Crippen LogP contribution in [-0.4, -0.2) is 55.8 Å². The van der Waals surface area contributed by atoms with Crippen molar-refractivity contribution in [3.8, 4) is 0 Å². The van der Waals surface area contributed by atoms with E-state index in [1.54, 1.807) is 11.8 Å². The van der Waals surface area contributed by atoms with E-state index < -0.39 is 17.1 Å². The van der Waals surface area contributed by atoms with Crippen LogP contribution in [-0.2, 0) is 16.1 Å². The normalized spacial score (nSPS) is 18.5. The van der Waals surface area contributed by atoms with Crippen LogP contribution < -0.4 is 11.1 Å². The molecule has 2 rings (SSSR count). The van der Waals surface area contributed by atoms with E-state index in [2.05, 4.69) is 5.10 Å². The van der Waals surface area contributed by atoms with Crippen molar-refractivity contribution in [2.24, 2.45) is 0 Å². The highest BCUT2D eigenvalue weighted by Crippen LogP contribution is 2.19. The Morgan fingerprint density at radius 3 is 2.86 bits per heavy atom. The summed E-state index contributed by atoms with van der Waals surface area (Å²) in [5.41, 5.74) is -0.956. The van der Waals surface area contributed by atoms with E-state index in [0.717, 1.165) is 22.6 Å². The Hall–Kier alpha value is -2.03. The zero-order valence-electron chi connectivity index (χ0n) is 11.2. The molecule has 1 aromatic rings. The minimum absolute atomic E-state index is 0.126. The molecule has 0 saturated carbocycles. The van der Waals surface area contributed by atoms with Crippen molar-refractivity contribution in [1.82, 2.24) is 14.7 Å². The van der Waals surface area contributed by atoms with Crippen LogP contribution in [0.25, 0.3) is 0 Å². The van der Waals surface area contributed by atoms with Crippen LogP contribution in [0.1, 0.15) is 6.42 Å². The van der Waals surface area contributed by atoms with Crippen LogP contribution in [0.2, 0.25) is 0 Å². The van der Waals surface area contributed by atoms with Crippen LogP contribution in [0.5, 0.6) is 0 Å². The lowest BCUT2D eigenvalue weighted by Gasteiger charge is -2.34. The van der Waals surface area contributed by atoms with E-state index in [0.29, 0.717) is 12.3 Å². The molecule has 1 fully saturated rings. The number of aliphatic carboxylic acids is 1. The number of aromatic amines is 1. The number of aromatic nitrogens is 2. The average molecular weight is 313 g/mol. The van der Waals surface area contributed by atoms with E-state index in [-0.39, 0.29) is 24.9 Å². The maximum Gasteiger partial charge on any atom is 0.305 e. The predicted octanol–water partition coefficient (Wildman–Crippen LogP) is -1.04. The standard InChI is InChI=1S/C12H15N3O5S/c16-9-1-2-10(17)15(13-9)6-11(18)14-3-4-21-7-8(14)5-12(19)20/h1-2,8H,3-7H2,(H,13,16)(H,19,20). The molecule has 114 valence electrons. The minimum atomic E-state index is -0.967. The Balaban J connectivity index is 2.13. The van der Waals surface area contributed by atoms with Gasteiger partial charge in [-0.05, 0) is 0 Å². The highest BCUT2D eigenvalue weighted by molar-refractivity contribution is 7.99. The second-order valence-electron chi connectivity index (χ2n) is 4.65. The van der Waals surface area contributed by atoms with E-state index in [4.69, 9.17) is 5.11 Å². The Morgan fingerprint density at radius 2 is 2.14 bits per heavy atom. The fourth-order valence-corrected chi connectivity index (χ4v) is 3.22. The summed E-state index contributed by atoms with van der Waals surface area (Å²) in [7, 11) is 0. The zero-order valence-corrected chi connectivity index (χ0v) is 12.0. The van der Waals surface area contributed by atoms with Crippen molar-refractivity contribution in [3.05, 3.63) is 32.8 Å². The summed E-state index contributed by atoms with van der Waals surface area (Å²) in [6, 6.07) is 1.79. The summed E-state index contributed by atoms with van der Waals surface area (Å²) < 4.78 is 0.935. The van der Waals surface area contributed by atoms with Crippen LogP contribution in [0.4, 0.5) is 0 Å². The molecule has 0 bridgehead atoms. The lowest BCUT2D eigenvalue weighted by Crippen LogP contribution is -2.49. The molecule has 1 aliphatic heterocycles. The number of carboxylic acids is 1. The third-order valence-electron chi connectivity index (χ3n) is 3.14. The van der Waals surface area contributed by atoms with Crippen LogP contribution in [0.15, 0.2) is 21.7 Å². The summed E-state index contributed by atoms with van der Waals surface area (Å²) in [4.78, 5) is 47.3. The molecular weight excluding hydrogens is 298 g/mol. The molecule has 1 atom stereocenters. The largest absolute Gasteiger partial charge is 0.481 e. The Labute approximate surface area is 123 Å². The molecule has 0 aliphatic carbocycles. The van der Waals surface area contributed by atoms with Gasteiger partial charge in [0.15, 0.2) is 0 Å². The SMILES string of the molecule is O=C(O)CC1CSCCN1C(=O)Cn1[nH]c(=O)ccc1=O. The number of H-pyrrole nitrogens is 1. The average Bonchev–Trinajstić information content (AvgIpc) is 2.42. The van der Waals surface area contributed by atoms with Gasteiger partial charge in [0.1, 0.15) is 6.54 Å². The topological polar surface area (TPSA) is 112 Å². The van der Waals surface area contributed by atoms with Gasteiger partial charge in [-0.25, -0.2) is 4.68 Å². The predicted molar refractivity (Wildman–Crippen MR) is 76.4 cm³/mol. The van der Waals surface area contributed by atoms with Gasteiger partial charge in [0.2, 0.25) is 5.91 Å². The second kappa shape index (κ2) is 6.61. The number of hydrogen-bond donors (Lipinski definition) is 2. The Morgan fingerprint density at radius 1 is 1.38 bits per heavy atom. The highest BCUT2D eigenvalue weighted by Gasteiger charge is 2.29. The molecule has 2 N–H and O–H groups in total. The zero-order chi connectivity index (χ0) is 15.4. The first-order valence-electron chi connectivity index (χ1n) is 6.36. The lowest BCUT2D eigenvalue weighted by atomic mass is 10.2. The molecule has 0 radical (unpaired) electrons. The molecule has 2 heterocycles. The summed E-state index contributed by atoms with van der Waals surface area (Å²) in [6.07, 6.45) is -0.126. The Kier molecular flexibility index (Phi) is 4.84. The van der Waals surface area contributed by atoms with Crippen LogP contribution in [0.3, 0.4) is 0 Å². The first-order chi connectivity index (χ1) is 9.97. The number of nitrogens with one attached hydrogen (secondary N) is 1. The fraction of sp³-hybridized carbons (Fsp3) is 0.500. The number of carbonyl (C=O) groups excluding carboxylic acids is 1. The van der Waals surface area contributed by atoms with Gasteiger partial charge in [0.25, 0.3) is 11.1 Å². The van der Waals surface area contributed by atoms with Crippen molar-refractivity contribution < 1.29 is 14.7 Å². The molecule has 8 nitrogen and oxygen atoms in total. The lowest BCUT2D eigenvalue weighted by molar-refractivity contribution is -0.140. The minimum Gasteiger partial charge on any atom is -0.481 e. The van der Waals surface area contributed by atoms with E-state index in [1.165, 1.54) is 4.90 Å². The summed E-state index contributed by atoms with van der Waals surface area (Å²) in [5.74, 6) is -0.0589. The summed E-state index contributed by atoms with van der Waals surface area (Å²) >= 11 is 1.59. The van der Waals surface area contributed by atoms with Gasteiger partial charge >= 0.3 is 5.97 Å². The van der Waals surface area contributed by atoms with Gasteiger partial charge in [0, 0.05) is 30.2 Å². The van der Waals surface area contributed by atoms with E-state index in [9.17, 15) is 19.2 Å². The van der Waals surface area contributed by atoms with Crippen molar-refractivity contribution in [2.75, 3.05) is 18.1 Å². The van der Waals surface area contributed by atoms with E-state index >= 15 is 0 Å². The molecule has 9 heteroatoms. The molecule has 1 aliphatic rings. The first kappa shape index (κ1) is 15.4. The molecule has 1 amide bonds. The number of carboxylic acid groups (broad SMARTS) is 1. The third-order valence-corrected chi connectivity index (χ3v) is 4.23. The first-order valence-corrected chi connectivity index (χ1v) is 7.52. The monoisotopic (exact) mass is 313 g/mol. The van der Waals surface area contributed by atoms with Gasteiger partial charge in [-0.2, -0.15) is 11.8 Å². The van der Waals surface area contributed by atoms with Gasteiger partial charge in [-0.15, -0.1) is 0 Å². The number of amides is 1. The van der Waals surface area contributed by atoms with Crippen molar-refractivity contribution in [1.29, 1.82) is 0 Å². The van der Waals surface area contributed by atoms with Crippen molar-refractivity contribution in [3.63, 3.8) is 0 Å². The van der Waals surface area contributed by atoms with Gasteiger partial charge in [0.05, 0.1) is 12.5 Å². The molecule has 1 aromatic heterocycles. The van der Waals surface area contributed by atoms with Gasteiger partial charge < -0.3 is 10.0 Å². The van der Waals surface area contributed by atoms with Crippen molar-refractivity contribution in [2.45, 2.75) is 19.0 Å². The van der Waals surface area contributed by atoms with E-state index in [1.807, 2.05) is 0 Å². The maximum atomic E-state index is 12.3. The molecular formula is C12H15N3O5S. The Bertz CT molecular complexity index is 653. The third kappa shape index (κ3) is 3.97. The molecule has 1 saturated heterocycles. The summed E-state index contributed by atoms with van der Waals surface area (Å²) in [6.45, 7) is 0.142. The second-order valence-corrected chi connectivity index (χ2v) is 5.80. The number of thioether (sulfide) groups is 1.